The molecule has 0 unspecified atom stereocenters. The van der Waals surface area contributed by atoms with Crippen molar-refractivity contribution in [1.82, 2.24) is 0 Å². The van der Waals surface area contributed by atoms with Crippen molar-refractivity contribution < 1.29 is 18.7 Å². The van der Waals surface area contributed by atoms with Crippen LogP contribution in [0, 0.1) is 11.6 Å². The fourth-order valence-electron chi connectivity index (χ4n) is 0.827. The molecule has 1 rings (SSSR count). The van der Waals surface area contributed by atoms with E-state index < -0.39 is 17.6 Å². The molecule has 1 aromatic carbocycles. The van der Waals surface area contributed by atoms with Crippen LogP contribution in [0.4, 0.5) is 8.78 Å². The molecule has 0 aliphatic heterocycles. The second-order valence-corrected chi connectivity index (χ2v) is 2.87. The summed E-state index contributed by atoms with van der Waals surface area (Å²) in [6, 6.07) is 1.62. The average molecular weight is 255 g/mol. The van der Waals surface area contributed by atoms with Gasteiger partial charge in [-0.25, -0.2) is 13.6 Å². The van der Waals surface area contributed by atoms with Gasteiger partial charge in [-0.15, -0.1) is 12.4 Å². The number of carboxylic acid groups (broad SMARTS) is 1. The van der Waals surface area contributed by atoms with Crippen molar-refractivity contribution in [2.24, 2.45) is 0 Å². The maximum atomic E-state index is 12.9. The van der Waals surface area contributed by atoms with Crippen molar-refractivity contribution in [3.05, 3.63) is 40.4 Å². The molecule has 1 N–H and O–H groups in total. The van der Waals surface area contributed by atoms with Crippen LogP contribution in [0.1, 0.15) is 5.56 Å². The normalized spacial score (nSPS) is 10.1. The van der Waals surface area contributed by atoms with Crippen LogP contribution in [0.3, 0.4) is 0 Å². The van der Waals surface area contributed by atoms with E-state index in [1.807, 2.05) is 0 Å². The third-order valence-corrected chi connectivity index (χ3v) is 1.73. The number of rotatable bonds is 2. The number of hydrogen-bond acceptors (Lipinski definition) is 1. The van der Waals surface area contributed by atoms with Gasteiger partial charge in [0.2, 0.25) is 0 Å². The summed E-state index contributed by atoms with van der Waals surface area (Å²) in [6.07, 6.45) is 1.75. The van der Waals surface area contributed by atoms with Gasteiger partial charge in [-0.2, -0.15) is 0 Å². The number of benzene rings is 1. The third-order valence-electron chi connectivity index (χ3n) is 1.45. The predicted octanol–water partition coefficient (Wildman–Crippen LogP) is 3.14. The number of carbonyl (C=O) groups is 1. The van der Waals surface area contributed by atoms with Gasteiger partial charge >= 0.3 is 5.97 Å². The fourth-order valence-corrected chi connectivity index (χ4v) is 0.999. The van der Waals surface area contributed by atoms with E-state index in [1.54, 1.807) is 0 Å². The molecule has 0 aromatic heterocycles. The molecule has 2 nitrogen and oxygen atoms in total. The summed E-state index contributed by atoms with van der Waals surface area (Å²) in [5, 5.41) is 8.02. The molecule has 0 atom stereocenters. The Hall–Kier alpha value is -1.13. The van der Waals surface area contributed by atoms with Crippen molar-refractivity contribution in [3.8, 4) is 0 Å². The minimum atomic E-state index is -1.22. The van der Waals surface area contributed by atoms with Crippen LogP contribution >= 0.6 is 24.0 Å². The maximum absolute atomic E-state index is 12.9. The van der Waals surface area contributed by atoms with Gasteiger partial charge in [0.1, 0.15) is 11.6 Å². The van der Waals surface area contributed by atoms with Gasteiger partial charge in [0, 0.05) is 17.7 Å². The van der Waals surface area contributed by atoms with Crippen molar-refractivity contribution in [1.29, 1.82) is 0 Å². The summed E-state index contributed by atoms with van der Waals surface area (Å²) < 4.78 is 25.6. The van der Waals surface area contributed by atoms with E-state index in [2.05, 4.69) is 0 Å². The molecule has 0 amide bonds. The zero-order chi connectivity index (χ0) is 10.7. The molecule has 0 fully saturated rings. The van der Waals surface area contributed by atoms with Crippen LogP contribution in [0.5, 0.6) is 0 Å². The van der Waals surface area contributed by atoms with E-state index in [0.717, 1.165) is 18.2 Å². The number of carboxylic acids is 1. The predicted molar refractivity (Wildman–Crippen MR) is 55.3 cm³/mol. The average Bonchev–Trinajstić information content (AvgIpc) is 2.09. The van der Waals surface area contributed by atoms with Crippen LogP contribution in [-0.4, -0.2) is 11.1 Å². The second kappa shape index (κ2) is 5.68. The highest BCUT2D eigenvalue weighted by molar-refractivity contribution is 6.30. The Morgan fingerprint density at radius 2 is 1.93 bits per heavy atom. The van der Waals surface area contributed by atoms with Crippen LogP contribution < -0.4 is 0 Å². The Bertz CT molecular complexity index is 405. The zero-order valence-corrected chi connectivity index (χ0v) is 8.78. The van der Waals surface area contributed by atoms with Crippen molar-refractivity contribution in [2.75, 3.05) is 0 Å². The Morgan fingerprint density at radius 3 is 2.47 bits per heavy atom. The quantitative estimate of drug-likeness (QED) is 0.651. The van der Waals surface area contributed by atoms with E-state index in [4.69, 9.17) is 16.7 Å². The highest BCUT2D eigenvalue weighted by Crippen LogP contribution is 2.20. The summed E-state index contributed by atoms with van der Waals surface area (Å²) >= 11 is 5.38. The molecule has 0 saturated carbocycles. The van der Waals surface area contributed by atoms with Gasteiger partial charge in [-0.1, -0.05) is 11.6 Å². The molecule has 0 spiro atoms. The van der Waals surface area contributed by atoms with Crippen LogP contribution in [0.2, 0.25) is 5.02 Å². The lowest BCUT2D eigenvalue weighted by Gasteiger charge is -1.98. The monoisotopic (exact) mass is 254 g/mol. The maximum Gasteiger partial charge on any atom is 0.328 e. The van der Waals surface area contributed by atoms with Crippen LogP contribution in [-0.2, 0) is 4.79 Å². The van der Waals surface area contributed by atoms with E-state index in [9.17, 15) is 13.6 Å². The zero-order valence-electron chi connectivity index (χ0n) is 7.21. The molecule has 0 aliphatic carbocycles. The Morgan fingerprint density at radius 1 is 1.33 bits per heavy atom. The van der Waals surface area contributed by atoms with Gasteiger partial charge in [0.25, 0.3) is 0 Å². The Labute approximate surface area is 95.6 Å². The first-order chi connectivity index (χ1) is 6.50. The van der Waals surface area contributed by atoms with Gasteiger partial charge < -0.3 is 5.11 Å². The van der Waals surface area contributed by atoms with E-state index in [0.29, 0.717) is 6.07 Å². The lowest BCUT2D eigenvalue weighted by Crippen LogP contribution is -1.89. The molecule has 15 heavy (non-hydrogen) atoms. The number of aliphatic carboxylic acids is 1. The highest BCUT2D eigenvalue weighted by atomic mass is 35.5. The van der Waals surface area contributed by atoms with E-state index in [-0.39, 0.29) is 23.0 Å². The van der Waals surface area contributed by atoms with Crippen LogP contribution in [0.25, 0.3) is 6.08 Å². The minimum absolute atomic E-state index is 0. The van der Waals surface area contributed by atoms with Gasteiger partial charge in [-0.05, 0) is 12.1 Å². The van der Waals surface area contributed by atoms with Crippen molar-refractivity contribution >= 4 is 36.1 Å². The van der Waals surface area contributed by atoms with Crippen molar-refractivity contribution in [3.63, 3.8) is 0 Å². The fraction of sp³-hybridized carbons (Fsp3) is 0. The summed E-state index contributed by atoms with van der Waals surface area (Å²) in [7, 11) is 0. The summed E-state index contributed by atoms with van der Waals surface area (Å²) in [6.45, 7) is 0. The largest absolute Gasteiger partial charge is 0.478 e. The topological polar surface area (TPSA) is 37.3 Å². The lowest BCUT2D eigenvalue weighted by molar-refractivity contribution is -0.131. The molecule has 82 valence electrons. The SMILES string of the molecule is Cl.O=C(O)C=Cc1cc(Cl)c(F)cc1F. The molecular formula is C9H6Cl2F2O2. The number of halogens is 4. The highest BCUT2D eigenvalue weighted by Gasteiger charge is 2.06. The second-order valence-electron chi connectivity index (χ2n) is 2.46. The van der Waals surface area contributed by atoms with Crippen LogP contribution in [0.15, 0.2) is 18.2 Å². The first-order valence-electron chi connectivity index (χ1n) is 3.56. The van der Waals surface area contributed by atoms with E-state index >= 15 is 0 Å². The van der Waals surface area contributed by atoms with Crippen molar-refractivity contribution in [2.45, 2.75) is 0 Å². The smallest absolute Gasteiger partial charge is 0.328 e. The molecule has 0 aliphatic rings. The molecule has 0 radical (unpaired) electrons. The lowest BCUT2D eigenvalue weighted by atomic mass is 10.2. The molecule has 1 aromatic rings. The molecule has 6 heteroatoms. The standard InChI is InChI=1S/C9H5ClF2O2.ClH/c10-6-3-5(1-2-9(13)14)7(11)4-8(6)12;/h1-4H,(H,13,14);1H. The van der Waals surface area contributed by atoms with Gasteiger partial charge in [-0.3, -0.25) is 0 Å². The molecule has 0 bridgehead atoms. The summed E-state index contributed by atoms with van der Waals surface area (Å²) in [5.41, 5.74) is -0.0706. The Balaban J connectivity index is 0.00000196. The first-order valence-corrected chi connectivity index (χ1v) is 3.94. The summed E-state index contributed by atoms with van der Waals surface area (Å²) in [5.74, 6) is -2.95. The first kappa shape index (κ1) is 13.9. The molecule has 0 heterocycles. The van der Waals surface area contributed by atoms with Gasteiger partial charge in [0.15, 0.2) is 0 Å². The van der Waals surface area contributed by atoms with Gasteiger partial charge in [0.05, 0.1) is 5.02 Å². The Kier molecular flexibility index (Phi) is 5.25. The molecular weight excluding hydrogens is 249 g/mol. The molecule has 0 saturated heterocycles. The third kappa shape index (κ3) is 3.85. The van der Waals surface area contributed by atoms with E-state index in [1.165, 1.54) is 0 Å². The number of hydrogen-bond donors (Lipinski definition) is 1. The summed E-state index contributed by atoms with van der Waals surface area (Å²) in [4.78, 5) is 10.1. The minimum Gasteiger partial charge on any atom is -0.478 e.